The second-order valence-corrected chi connectivity index (χ2v) is 7.88. The van der Waals surface area contributed by atoms with Crippen LogP contribution < -0.4 is 5.32 Å². The molecule has 0 bridgehead atoms. The van der Waals surface area contributed by atoms with Gasteiger partial charge in [0, 0.05) is 0 Å². The standard InChI is InChI=1S/C12H16N4OS3/c1-18-10-15-16-11(20-10)19-7-9(17)14-12(8-13)5-3-2-4-6-12/h2-7H2,1H3,(H,14,17). The molecule has 0 spiro atoms. The van der Waals surface area contributed by atoms with E-state index in [0.29, 0.717) is 0 Å². The van der Waals surface area contributed by atoms with E-state index in [1.807, 2.05) is 6.26 Å². The third kappa shape index (κ3) is 4.11. The first-order chi connectivity index (χ1) is 9.67. The van der Waals surface area contributed by atoms with Crippen molar-refractivity contribution in [3.8, 4) is 6.07 Å². The molecule has 1 aliphatic rings. The molecular weight excluding hydrogens is 312 g/mol. The number of nitrogens with zero attached hydrogens (tertiary/aromatic N) is 3. The Hall–Kier alpha value is -0.780. The van der Waals surface area contributed by atoms with Gasteiger partial charge in [0.1, 0.15) is 5.54 Å². The molecule has 20 heavy (non-hydrogen) atoms. The second-order valence-electron chi connectivity index (χ2n) is 4.63. The fraction of sp³-hybridized carbons (Fsp3) is 0.667. The molecule has 1 aromatic heterocycles. The van der Waals surface area contributed by atoms with Crippen LogP contribution in [-0.4, -0.2) is 33.7 Å². The summed E-state index contributed by atoms with van der Waals surface area (Å²) in [6, 6.07) is 2.29. The number of thioether (sulfide) groups is 2. The fourth-order valence-electron chi connectivity index (χ4n) is 2.19. The van der Waals surface area contributed by atoms with Gasteiger partial charge >= 0.3 is 0 Å². The zero-order chi connectivity index (χ0) is 14.4. The van der Waals surface area contributed by atoms with Crippen molar-refractivity contribution in [2.45, 2.75) is 46.3 Å². The van der Waals surface area contributed by atoms with E-state index in [4.69, 9.17) is 0 Å². The molecule has 0 aromatic carbocycles. The van der Waals surface area contributed by atoms with Gasteiger partial charge in [-0.15, -0.1) is 10.2 Å². The summed E-state index contributed by atoms with van der Waals surface area (Å²) < 4.78 is 1.69. The van der Waals surface area contributed by atoms with E-state index in [-0.39, 0.29) is 11.7 Å². The van der Waals surface area contributed by atoms with Crippen molar-refractivity contribution in [3.05, 3.63) is 0 Å². The average molecular weight is 328 g/mol. The predicted octanol–water partition coefficient (Wildman–Crippen LogP) is 2.69. The van der Waals surface area contributed by atoms with Crippen LogP contribution in [0.1, 0.15) is 32.1 Å². The number of hydrogen-bond donors (Lipinski definition) is 1. The third-order valence-corrected chi connectivity index (χ3v) is 6.22. The molecule has 108 valence electrons. The summed E-state index contributed by atoms with van der Waals surface area (Å²) in [7, 11) is 0. The minimum atomic E-state index is -0.651. The molecule has 1 heterocycles. The Morgan fingerprint density at radius 3 is 2.70 bits per heavy atom. The monoisotopic (exact) mass is 328 g/mol. The van der Waals surface area contributed by atoms with Crippen LogP contribution in [-0.2, 0) is 4.79 Å². The molecule has 1 amide bonds. The number of carbonyl (C=O) groups excluding carboxylic acids is 1. The van der Waals surface area contributed by atoms with E-state index in [1.54, 1.807) is 11.8 Å². The number of aromatic nitrogens is 2. The van der Waals surface area contributed by atoms with Gasteiger partial charge < -0.3 is 5.32 Å². The van der Waals surface area contributed by atoms with Crippen LogP contribution in [0.3, 0.4) is 0 Å². The van der Waals surface area contributed by atoms with Gasteiger partial charge in [0.05, 0.1) is 11.8 Å². The molecule has 5 nitrogen and oxygen atoms in total. The first-order valence-corrected chi connectivity index (χ1v) is 9.43. The second kappa shape index (κ2) is 7.29. The molecule has 1 saturated carbocycles. The van der Waals surface area contributed by atoms with Gasteiger partial charge in [0.25, 0.3) is 0 Å². The van der Waals surface area contributed by atoms with E-state index in [0.717, 1.165) is 40.8 Å². The summed E-state index contributed by atoms with van der Waals surface area (Å²) in [5.41, 5.74) is -0.651. The quantitative estimate of drug-likeness (QED) is 0.837. The van der Waals surface area contributed by atoms with Gasteiger partial charge in [-0.25, -0.2) is 0 Å². The Morgan fingerprint density at radius 1 is 1.40 bits per heavy atom. The van der Waals surface area contributed by atoms with Crippen molar-refractivity contribution >= 4 is 40.8 Å². The fourth-order valence-corrected chi connectivity index (χ4v) is 4.43. The third-order valence-electron chi connectivity index (χ3n) is 3.19. The topological polar surface area (TPSA) is 78.7 Å². The number of hydrogen-bond acceptors (Lipinski definition) is 7. The van der Waals surface area contributed by atoms with Gasteiger partial charge in [-0.3, -0.25) is 4.79 Å². The van der Waals surface area contributed by atoms with E-state index in [2.05, 4.69) is 21.6 Å². The van der Waals surface area contributed by atoms with Crippen LogP contribution in [0.15, 0.2) is 8.68 Å². The van der Waals surface area contributed by atoms with Gasteiger partial charge in [0.15, 0.2) is 8.68 Å². The lowest BCUT2D eigenvalue weighted by molar-refractivity contribution is -0.120. The molecule has 0 radical (unpaired) electrons. The molecular formula is C12H16N4OS3. The first kappa shape index (κ1) is 15.6. The van der Waals surface area contributed by atoms with Gasteiger partial charge in [0.2, 0.25) is 5.91 Å². The Kier molecular flexibility index (Phi) is 5.69. The molecule has 0 aliphatic heterocycles. The molecule has 0 unspecified atom stereocenters. The molecule has 1 N–H and O–H groups in total. The van der Waals surface area contributed by atoms with E-state index in [1.165, 1.54) is 23.1 Å². The van der Waals surface area contributed by atoms with Crippen LogP contribution >= 0.6 is 34.9 Å². The van der Waals surface area contributed by atoms with Crippen LogP contribution in [0, 0.1) is 11.3 Å². The zero-order valence-electron chi connectivity index (χ0n) is 11.2. The minimum absolute atomic E-state index is 0.0978. The summed E-state index contributed by atoms with van der Waals surface area (Å²) in [6.45, 7) is 0. The first-order valence-electron chi connectivity index (χ1n) is 6.40. The normalized spacial score (nSPS) is 17.4. The van der Waals surface area contributed by atoms with Crippen LogP contribution in [0.25, 0.3) is 0 Å². The maximum absolute atomic E-state index is 12.0. The smallest absolute Gasteiger partial charge is 0.231 e. The Bertz CT molecular complexity index is 505. The van der Waals surface area contributed by atoms with E-state index >= 15 is 0 Å². The van der Waals surface area contributed by atoms with Crippen LogP contribution in [0.4, 0.5) is 0 Å². The lowest BCUT2D eigenvalue weighted by Gasteiger charge is -2.31. The lowest BCUT2D eigenvalue weighted by atomic mass is 9.83. The van der Waals surface area contributed by atoms with E-state index in [9.17, 15) is 10.1 Å². The highest BCUT2D eigenvalue weighted by Gasteiger charge is 2.33. The Labute approximate surface area is 130 Å². The van der Waals surface area contributed by atoms with Gasteiger partial charge in [-0.2, -0.15) is 5.26 Å². The number of nitriles is 1. The van der Waals surface area contributed by atoms with Gasteiger partial charge in [-0.05, 0) is 19.1 Å². The average Bonchev–Trinajstić information content (AvgIpc) is 2.94. The van der Waals surface area contributed by atoms with Crippen molar-refractivity contribution < 1.29 is 4.79 Å². The maximum Gasteiger partial charge on any atom is 0.231 e. The molecule has 8 heteroatoms. The summed E-state index contributed by atoms with van der Waals surface area (Å²) in [5, 5.41) is 20.2. The molecule has 2 rings (SSSR count). The molecule has 1 aromatic rings. The molecule has 1 aliphatic carbocycles. The molecule has 0 atom stereocenters. The Balaban J connectivity index is 1.84. The van der Waals surface area contributed by atoms with Crippen molar-refractivity contribution in [1.82, 2.24) is 15.5 Å². The van der Waals surface area contributed by atoms with Crippen molar-refractivity contribution in [3.63, 3.8) is 0 Å². The molecule has 0 saturated heterocycles. The SMILES string of the molecule is CSc1nnc(SCC(=O)NC2(C#N)CCCCC2)s1. The number of amides is 1. The zero-order valence-corrected chi connectivity index (χ0v) is 13.7. The van der Waals surface area contributed by atoms with Gasteiger partial charge in [-0.1, -0.05) is 54.1 Å². The van der Waals surface area contributed by atoms with Crippen LogP contribution in [0.2, 0.25) is 0 Å². The number of carbonyl (C=O) groups is 1. The summed E-state index contributed by atoms with van der Waals surface area (Å²) in [5.74, 6) is 0.186. The van der Waals surface area contributed by atoms with E-state index < -0.39 is 5.54 Å². The Morgan fingerprint density at radius 2 is 2.10 bits per heavy atom. The van der Waals surface area contributed by atoms with Crippen LogP contribution in [0.5, 0.6) is 0 Å². The maximum atomic E-state index is 12.0. The van der Waals surface area contributed by atoms with Crippen molar-refractivity contribution in [1.29, 1.82) is 5.26 Å². The highest BCUT2D eigenvalue weighted by atomic mass is 32.2. The number of rotatable bonds is 5. The predicted molar refractivity (Wildman–Crippen MR) is 82.0 cm³/mol. The van der Waals surface area contributed by atoms with Crippen molar-refractivity contribution in [2.24, 2.45) is 0 Å². The molecule has 1 fully saturated rings. The highest BCUT2D eigenvalue weighted by Crippen LogP contribution is 2.29. The minimum Gasteiger partial charge on any atom is -0.337 e. The summed E-state index contributed by atoms with van der Waals surface area (Å²) >= 11 is 4.40. The van der Waals surface area contributed by atoms with Crippen molar-refractivity contribution in [2.75, 3.05) is 12.0 Å². The highest BCUT2D eigenvalue weighted by molar-refractivity contribution is 8.03. The largest absolute Gasteiger partial charge is 0.337 e. The number of nitrogens with one attached hydrogen (secondary N) is 1. The summed E-state index contributed by atoms with van der Waals surface area (Å²) in [6.07, 6.45) is 6.63. The summed E-state index contributed by atoms with van der Waals surface area (Å²) in [4.78, 5) is 12.0. The lowest BCUT2D eigenvalue weighted by Crippen LogP contribution is -2.49.